The molecule has 0 bridgehead atoms. The van der Waals surface area contributed by atoms with Crippen molar-refractivity contribution in [2.45, 2.75) is 25.9 Å². The van der Waals surface area contributed by atoms with Crippen molar-refractivity contribution in [1.29, 1.82) is 0 Å². The van der Waals surface area contributed by atoms with E-state index in [9.17, 15) is 19.3 Å². The van der Waals surface area contributed by atoms with Crippen molar-refractivity contribution >= 4 is 17.3 Å². The number of aromatic nitrogens is 1. The number of methoxy groups -OCH3 is 2. The summed E-state index contributed by atoms with van der Waals surface area (Å²) in [7, 11) is 2.86. The lowest BCUT2D eigenvalue weighted by molar-refractivity contribution is -0.385. The molecular formula is C30H28FN3O6. The van der Waals surface area contributed by atoms with Gasteiger partial charge in [-0.05, 0) is 66.4 Å². The Bertz CT molecular complexity index is 1480. The van der Waals surface area contributed by atoms with Crippen molar-refractivity contribution < 1.29 is 28.3 Å². The molecule has 40 heavy (non-hydrogen) atoms. The van der Waals surface area contributed by atoms with Gasteiger partial charge in [-0.15, -0.1) is 0 Å². The summed E-state index contributed by atoms with van der Waals surface area (Å²) in [5.41, 5.74) is 3.06. The smallest absolute Gasteiger partial charge is 0.280 e. The molecular weight excluding hydrogens is 517 g/mol. The summed E-state index contributed by atoms with van der Waals surface area (Å²) in [6.45, 7) is -0.0550. The molecule has 1 heterocycles. The highest BCUT2D eigenvalue weighted by atomic mass is 19.1. The predicted octanol–water partition coefficient (Wildman–Crippen LogP) is 6.35. The lowest BCUT2D eigenvalue weighted by Gasteiger charge is -2.12. The maximum absolute atomic E-state index is 13.9. The van der Waals surface area contributed by atoms with E-state index in [0.29, 0.717) is 47.6 Å². The summed E-state index contributed by atoms with van der Waals surface area (Å²) < 4.78 is 30.0. The van der Waals surface area contributed by atoms with Gasteiger partial charge in [-0.2, -0.15) is 4.39 Å². The molecule has 10 heteroatoms. The van der Waals surface area contributed by atoms with Crippen molar-refractivity contribution in [3.63, 3.8) is 0 Å². The van der Waals surface area contributed by atoms with Crippen LogP contribution in [0.2, 0.25) is 0 Å². The number of hydrogen-bond acceptors (Lipinski definition) is 7. The quantitative estimate of drug-likeness (QED) is 0.125. The lowest BCUT2D eigenvalue weighted by Crippen LogP contribution is -2.11. The summed E-state index contributed by atoms with van der Waals surface area (Å²) in [5, 5.41) is 14.3. The topological polar surface area (TPSA) is 113 Å². The average molecular weight is 546 g/mol. The van der Waals surface area contributed by atoms with Gasteiger partial charge in [-0.3, -0.25) is 14.9 Å². The molecule has 0 spiro atoms. The molecule has 206 valence electrons. The minimum absolute atomic E-state index is 0.0550. The summed E-state index contributed by atoms with van der Waals surface area (Å²) in [6, 6.07) is 20.5. The Kier molecular flexibility index (Phi) is 9.24. The van der Waals surface area contributed by atoms with Crippen molar-refractivity contribution in [2.75, 3.05) is 19.5 Å². The van der Waals surface area contributed by atoms with Crippen LogP contribution >= 0.6 is 0 Å². The first-order valence-corrected chi connectivity index (χ1v) is 12.5. The first kappa shape index (κ1) is 28.0. The predicted molar refractivity (Wildman–Crippen MR) is 148 cm³/mol. The second-order valence-corrected chi connectivity index (χ2v) is 8.85. The van der Waals surface area contributed by atoms with Crippen LogP contribution in [-0.2, 0) is 17.8 Å². The van der Waals surface area contributed by atoms with Crippen LogP contribution in [-0.4, -0.2) is 30.0 Å². The minimum Gasteiger partial charge on any atom is -0.493 e. The fourth-order valence-corrected chi connectivity index (χ4v) is 4.12. The number of benzene rings is 3. The molecule has 0 saturated heterocycles. The van der Waals surface area contributed by atoms with Crippen molar-refractivity contribution in [3.8, 4) is 28.4 Å². The number of carbonyl (C=O) groups excluding carboxylic acids is 1. The zero-order valence-electron chi connectivity index (χ0n) is 22.1. The summed E-state index contributed by atoms with van der Waals surface area (Å²) in [6.07, 6.45) is 3.11. The van der Waals surface area contributed by atoms with Gasteiger partial charge in [0.25, 0.3) is 5.69 Å². The number of nitro benzene ring substituents is 1. The Morgan fingerprint density at radius 1 is 1.00 bits per heavy atom. The van der Waals surface area contributed by atoms with Gasteiger partial charge in [0.2, 0.25) is 11.9 Å². The number of halogens is 1. The van der Waals surface area contributed by atoms with Crippen molar-refractivity contribution in [1.82, 2.24) is 4.98 Å². The number of nitrogens with one attached hydrogen (secondary N) is 1. The monoisotopic (exact) mass is 545 g/mol. The normalized spacial score (nSPS) is 10.6. The third-order valence-electron chi connectivity index (χ3n) is 6.21. The zero-order chi connectivity index (χ0) is 28.5. The third kappa shape index (κ3) is 7.10. The Morgan fingerprint density at radius 3 is 2.35 bits per heavy atom. The first-order chi connectivity index (χ1) is 19.4. The Labute approximate surface area is 230 Å². The van der Waals surface area contributed by atoms with Crippen LogP contribution in [0.5, 0.6) is 17.2 Å². The largest absolute Gasteiger partial charge is 0.493 e. The average Bonchev–Trinajstić information content (AvgIpc) is 2.97. The van der Waals surface area contributed by atoms with Crippen LogP contribution in [0.25, 0.3) is 11.1 Å². The lowest BCUT2D eigenvalue weighted by atomic mass is 10.0. The summed E-state index contributed by atoms with van der Waals surface area (Å²) in [5.74, 6) is 0.476. The molecule has 0 fully saturated rings. The van der Waals surface area contributed by atoms with Gasteiger partial charge >= 0.3 is 0 Å². The van der Waals surface area contributed by atoms with Crippen LogP contribution in [0.1, 0.15) is 24.0 Å². The maximum Gasteiger partial charge on any atom is 0.280 e. The number of hydrogen-bond donors (Lipinski definition) is 1. The van der Waals surface area contributed by atoms with Crippen LogP contribution in [0, 0.1) is 16.1 Å². The first-order valence-electron chi connectivity index (χ1n) is 12.5. The van der Waals surface area contributed by atoms with Gasteiger partial charge in [0.1, 0.15) is 12.4 Å². The second-order valence-electron chi connectivity index (χ2n) is 8.85. The maximum atomic E-state index is 13.9. The molecule has 0 saturated carbocycles. The SMILES string of the molecule is COc1cc(COc2ccc(NC(=O)CCCc3ccc(-c4cccnc4F)cc3)cc2)c([N+](=O)[O-])cc1OC. The van der Waals surface area contributed by atoms with Crippen molar-refractivity contribution in [2.24, 2.45) is 0 Å². The van der Waals surface area contributed by atoms with Crippen LogP contribution in [0.4, 0.5) is 15.8 Å². The Morgan fingerprint density at radius 2 is 1.70 bits per heavy atom. The molecule has 3 aromatic carbocycles. The highest BCUT2D eigenvalue weighted by molar-refractivity contribution is 5.90. The number of aryl methyl sites for hydroxylation is 1. The number of nitro groups is 1. The number of amides is 1. The van der Waals surface area contributed by atoms with Gasteiger partial charge in [-0.25, -0.2) is 4.98 Å². The summed E-state index contributed by atoms with van der Waals surface area (Å²) >= 11 is 0. The fraction of sp³-hybridized carbons (Fsp3) is 0.200. The molecule has 0 aliphatic heterocycles. The number of nitrogens with zero attached hydrogens (tertiary/aromatic N) is 2. The van der Waals surface area contributed by atoms with E-state index in [4.69, 9.17) is 14.2 Å². The number of rotatable bonds is 12. The number of ether oxygens (including phenoxy) is 3. The zero-order valence-corrected chi connectivity index (χ0v) is 22.1. The molecule has 9 nitrogen and oxygen atoms in total. The van der Waals surface area contributed by atoms with E-state index < -0.39 is 10.9 Å². The van der Waals surface area contributed by atoms with E-state index in [1.807, 2.05) is 24.3 Å². The molecule has 1 aromatic heterocycles. The van der Waals surface area contributed by atoms with E-state index in [2.05, 4.69) is 10.3 Å². The molecule has 0 atom stereocenters. The van der Waals surface area contributed by atoms with Crippen LogP contribution in [0.15, 0.2) is 79.0 Å². The van der Waals surface area contributed by atoms with E-state index >= 15 is 0 Å². The van der Waals surface area contributed by atoms with Gasteiger partial charge in [-0.1, -0.05) is 24.3 Å². The number of anilines is 1. The molecule has 0 unspecified atom stereocenters. The standard InChI is InChI=1S/C30H28FN3O6/c1-38-27-17-22(26(34(36)37)18-28(27)39-2)19-40-24-14-12-23(13-15-24)33-29(35)7-3-5-20-8-10-21(11-9-20)25-6-4-16-32-30(25)31/h4,6,8-18H,3,5,7,19H2,1-2H3,(H,33,35). The number of pyridine rings is 1. The van der Waals surface area contributed by atoms with E-state index in [1.54, 1.807) is 36.4 Å². The minimum atomic E-state index is -0.506. The highest BCUT2D eigenvalue weighted by Crippen LogP contribution is 2.35. The van der Waals surface area contributed by atoms with Gasteiger partial charge in [0, 0.05) is 23.9 Å². The molecule has 1 N–H and O–H groups in total. The Hall–Kier alpha value is -4.99. The van der Waals surface area contributed by atoms with Crippen molar-refractivity contribution in [3.05, 3.63) is 106 Å². The molecule has 4 rings (SSSR count). The highest BCUT2D eigenvalue weighted by Gasteiger charge is 2.20. The molecule has 0 aliphatic rings. The van der Waals surface area contributed by atoms with Gasteiger partial charge < -0.3 is 19.5 Å². The number of carbonyl (C=O) groups is 1. The molecule has 0 aliphatic carbocycles. The molecule has 4 aromatic rings. The third-order valence-corrected chi connectivity index (χ3v) is 6.21. The Balaban J connectivity index is 1.26. The van der Waals surface area contributed by atoms with E-state index in [1.165, 1.54) is 32.5 Å². The second kappa shape index (κ2) is 13.2. The molecule has 1 amide bonds. The summed E-state index contributed by atoms with van der Waals surface area (Å²) in [4.78, 5) is 27.1. The van der Waals surface area contributed by atoms with Crippen LogP contribution < -0.4 is 19.5 Å². The van der Waals surface area contributed by atoms with E-state index in [-0.39, 0.29) is 24.0 Å². The fourth-order valence-electron chi connectivity index (χ4n) is 4.12. The van der Waals surface area contributed by atoms with E-state index in [0.717, 1.165) is 11.1 Å². The van der Waals surface area contributed by atoms with Gasteiger partial charge in [0.05, 0.1) is 30.8 Å². The van der Waals surface area contributed by atoms with Crippen LogP contribution in [0.3, 0.4) is 0 Å². The molecule has 0 radical (unpaired) electrons. The van der Waals surface area contributed by atoms with Gasteiger partial charge in [0.15, 0.2) is 11.5 Å².